The number of hydrogen-bond donors (Lipinski definition) is 2. The van der Waals surface area contributed by atoms with Crippen molar-refractivity contribution in [1.82, 2.24) is 10.3 Å². The molecule has 3 N–H and O–H groups in total. The van der Waals surface area contributed by atoms with E-state index in [9.17, 15) is 9.18 Å². The molecule has 0 unspecified atom stereocenters. The van der Waals surface area contributed by atoms with Crippen LogP contribution in [0.4, 0.5) is 10.1 Å². The number of nitrogens with zero attached hydrogens (tertiary/aromatic N) is 1. The number of nitrogen functional groups attached to an aromatic ring is 1. The number of amides is 1. The number of thiophene rings is 1. The molecule has 0 saturated heterocycles. The monoisotopic (exact) mass is 301 g/mol. The number of rotatable bonds is 3. The first-order valence-electron chi connectivity index (χ1n) is 6.31. The first kappa shape index (κ1) is 13.5. The highest BCUT2D eigenvalue weighted by molar-refractivity contribution is 7.21. The van der Waals surface area contributed by atoms with E-state index in [0.29, 0.717) is 22.6 Å². The van der Waals surface area contributed by atoms with Gasteiger partial charge in [-0.1, -0.05) is 12.1 Å². The van der Waals surface area contributed by atoms with E-state index in [-0.39, 0.29) is 11.7 Å². The van der Waals surface area contributed by atoms with Crippen LogP contribution in [0.1, 0.15) is 15.2 Å². The van der Waals surface area contributed by atoms with Crippen LogP contribution in [-0.2, 0) is 6.54 Å². The molecule has 0 aliphatic rings. The molecule has 0 fully saturated rings. The molecule has 4 nitrogen and oxygen atoms in total. The van der Waals surface area contributed by atoms with Gasteiger partial charge in [0, 0.05) is 12.7 Å². The summed E-state index contributed by atoms with van der Waals surface area (Å²) < 4.78 is 13.7. The number of nitrogens with one attached hydrogen (secondary N) is 1. The normalized spacial score (nSPS) is 10.7. The van der Waals surface area contributed by atoms with Gasteiger partial charge in [0.2, 0.25) is 0 Å². The lowest BCUT2D eigenvalue weighted by atomic mass is 10.2. The summed E-state index contributed by atoms with van der Waals surface area (Å²) in [7, 11) is 0. The Balaban J connectivity index is 1.78. The first-order chi connectivity index (χ1) is 10.1. The zero-order chi connectivity index (χ0) is 14.8. The van der Waals surface area contributed by atoms with Crippen molar-refractivity contribution in [2.24, 2.45) is 0 Å². The molecule has 0 spiro atoms. The molecule has 0 atom stereocenters. The number of carbonyl (C=O) groups excluding carboxylic acids is 1. The number of halogens is 1. The van der Waals surface area contributed by atoms with Crippen LogP contribution in [0.15, 0.2) is 42.6 Å². The molecular formula is C15H12FN3OS. The summed E-state index contributed by atoms with van der Waals surface area (Å²) in [5.74, 6) is -0.551. The van der Waals surface area contributed by atoms with Crippen molar-refractivity contribution in [2.75, 3.05) is 5.73 Å². The summed E-state index contributed by atoms with van der Waals surface area (Å²) in [5, 5.41) is 2.78. The molecule has 0 aliphatic heterocycles. The van der Waals surface area contributed by atoms with Gasteiger partial charge in [-0.3, -0.25) is 9.78 Å². The quantitative estimate of drug-likeness (QED) is 0.781. The van der Waals surface area contributed by atoms with Gasteiger partial charge in [0.05, 0.1) is 10.4 Å². The van der Waals surface area contributed by atoms with Crippen molar-refractivity contribution in [3.05, 3.63) is 58.9 Å². The van der Waals surface area contributed by atoms with Crippen molar-refractivity contribution in [3.8, 4) is 0 Å². The van der Waals surface area contributed by atoms with Crippen LogP contribution in [0.3, 0.4) is 0 Å². The number of hydrogen-bond acceptors (Lipinski definition) is 4. The van der Waals surface area contributed by atoms with Gasteiger partial charge in [0.15, 0.2) is 0 Å². The van der Waals surface area contributed by atoms with Gasteiger partial charge in [-0.15, -0.1) is 11.3 Å². The average molecular weight is 301 g/mol. The fraction of sp³-hybridized carbons (Fsp3) is 0.0667. The highest BCUT2D eigenvalue weighted by Crippen LogP contribution is 2.31. The van der Waals surface area contributed by atoms with Gasteiger partial charge in [-0.2, -0.15) is 0 Å². The Labute approximate surface area is 124 Å². The molecule has 1 amide bonds. The van der Waals surface area contributed by atoms with Gasteiger partial charge in [-0.25, -0.2) is 4.39 Å². The smallest absolute Gasteiger partial charge is 0.263 e. The summed E-state index contributed by atoms with van der Waals surface area (Å²) in [6.45, 7) is 0.320. The minimum Gasteiger partial charge on any atom is -0.396 e. The number of benzene rings is 1. The minimum absolute atomic E-state index is 0.250. The van der Waals surface area contributed by atoms with Gasteiger partial charge >= 0.3 is 0 Å². The number of aromatic nitrogens is 1. The van der Waals surface area contributed by atoms with Gasteiger partial charge in [0.1, 0.15) is 16.2 Å². The van der Waals surface area contributed by atoms with Crippen LogP contribution >= 0.6 is 11.3 Å². The molecule has 21 heavy (non-hydrogen) atoms. The third-order valence-electron chi connectivity index (χ3n) is 3.06. The molecule has 106 valence electrons. The highest BCUT2D eigenvalue weighted by atomic mass is 32.1. The van der Waals surface area contributed by atoms with Gasteiger partial charge in [0.25, 0.3) is 5.91 Å². The summed E-state index contributed by atoms with van der Waals surface area (Å²) in [4.78, 5) is 16.8. The lowest BCUT2D eigenvalue weighted by Crippen LogP contribution is -2.22. The van der Waals surface area contributed by atoms with E-state index in [1.807, 2.05) is 6.07 Å². The predicted molar refractivity (Wildman–Crippen MR) is 81.6 cm³/mol. The molecule has 3 aromatic rings. The van der Waals surface area contributed by atoms with Crippen LogP contribution in [0.5, 0.6) is 0 Å². The lowest BCUT2D eigenvalue weighted by molar-refractivity contribution is 0.0956. The first-order valence-corrected chi connectivity index (χ1v) is 7.12. The molecule has 2 heterocycles. The third-order valence-corrected chi connectivity index (χ3v) is 4.21. The minimum atomic E-state index is -0.301. The Morgan fingerprint density at radius 1 is 1.29 bits per heavy atom. The second-order valence-corrected chi connectivity index (χ2v) is 5.56. The van der Waals surface area contributed by atoms with E-state index >= 15 is 0 Å². The summed E-state index contributed by atoms with van der Waals surface area (Å²) >= 11 is 1.31. The van der Waals surface area contributed by atoms with E-state index in [1.54, 1.807) is 24.4 Å². The van der Waals surface area contributed by atoms with E-state index in [2.05, 4.69) is 10.3 Å². The van der Waals surface area contributed by atoms with E-state index in [0.717, 1.165) is 10.3 Å². The fourth-order valence-corrected chi connectivity index (χ4v) is 2.98. The Bertz CT molecular complexity index is 798. The van der Waals surface area contributed by atoms with E-state index in [4.69, 9.17) is 5.73 Å². The molecule has 0 bridgehead atoms. The fourth-order valence-electron chi connectivity index (χ4n) is 1.98. The molecule has 6 heteroatoms. The van der Waals surface area contributed by atoms with Gasteiger partial charge < -0.3 is 11.1 Å². The molecular weight excluding hydrogens is 289 g/mol. The van der Waals surface area contributed by atoms with Crippen LogP contribution in [0, 0.1) is 5.82 Å². The zero-order valence-corrected chi connectivity index (χ0v) is 11.8. The van der Waals surface area contributed by atoms with Crippen molar-refractivity contribution in [3.63, 3.8) is 0 Å². The maximum atomic E-state index is 12.8. The summed E-state index contributed by atoms with van der Waals surface area (Å²) in [6, 6.07) is 9.66. The number of anilines is 1. The molecule has 2 aromatic heterocycles. The number of nitrogens with two attached hydrogens (primary N) is 1. The molecule has 3 rings (SSSR count). The Morgan fingerprint density at radius 2 is 2.05 bits per heavy atom. The second-order valence-electron chi connectivity index (χ2n) is 4.50. The molecule has 0 saturated carbocycles. The van der Waals surface area contributed by atoms with Crippen molar-refractivity contribution < 1.29 is 9.18 Å². The van der Waals surface area contributed by atoms with E-state index in [1.165, 1.54) is 23.5 Å². The molecule has 1 aromatic carbocycles. The number of fused-ring (bicyclic) bond motifs is 1. The SMILES string of the molecule is Nc1c(C(=O)NCc2ccc(F)cc2)sc2cccnc12. The Kier molecular flexibility index (Phi) is 3.53. The van der Waals surface area contributed by atoms with Crippen LogP contribution in [-0.4, -0.2) is 10.9 Å². The Morgan fingerprint density at radius 3 is 2.76 bits per heavy atom. The third kappa shape index (κ3) is 2.71. The number of pyridine rings is 1. The van der Waals surface area contributed by atoms with Crippen LogP contribution < -0.4 is 11.1 Å². The van der Waals surface area contributed by atoms with Crippen LogP contribution in [0.2, 0.25) is 0 Å². The number of carbonyl (C=O) groups is 1. The predicted octanol–water partition coefficient (Wildman–Crippen LogP) is 2.95. The summed E-state index contributed by atoms with van der Waals surface area (Å²) in [6.07, 6.45) is 1.64. The molecule has 0 radical (unpaired) electrons. The van der Waals surface area contributed by atoms with Crippen molar-refractivity contribution in [2.45, 2.75) is 6.54 Å². The molecule has 0 aliphatic carbocycles. The zero-order valence-electron chi connectivity index (χ0n) is 11.0. The van der Waals surface area contributed by atoms with Gasteiger partial charge in [-0.05, 0) is 29.8 Å². The maximum Gasteiger partial charge on any atom is 0.263 e. The lowest BCUT2D eigenvalue weighted by Gasteiger charge is -2.04. The average Bonchev–Trinajstić information content (AvgIpc) is 2.84. The largest absolute Gasteiger partial charge is 0.396 e. The van der Waals surface area contributed by atoms with E-state index < -0.39 is 0 Å². The second kappa shape index (κ2) is 5.49. The Hall–Kier alpha value is -2.47. The summed E-state index contributed by atoms with van der Waals surface area (Å²) in [5.41, 5.74) is 7.83. The highest BCUT2D eigenvalue weighted by Gasteiger charge is 2.16. The van der Waals surface area contributed by atoms with Crippen molar-refractivity contribution in [1.29, 1.82) is 0 Å². The maximum absolute atomic E-state index is 12.8. The van der Waals surface area contributed by atoms with Crippen LogP contribution in [0.25, 0.3) is 10.2 Å². The van der Waals surface area contributed by atoms with Crippen molar-refractivity contribution >= 4 is 33.1 Å². The topological polar surface area (TPSA) is 68.0 Å². The standard InChI is InChI=1S/C15H12FN3OS/c16-10-5-3-9(4-6-10)8-19-15(20)14-12(17)13-11(21-14)2-1-7-18-13/h1-7H,8,17H2,(H,19,20).